The van der Waals surface area contributed by atoms with E-state index in [9.17, 15) is 17.6 Å². The Hall–Kier alpha value is -3.05. The van der Waals surface area contributed by atoms with Crippen molar-refractivity contribution >= 4 is 49.9 Å². The van der Waals surface area contributed by atoms with E-state index in [-0.39, 0.29) is 27.6 Å². The number of fused-ring (bicyclic) bond motifs is 1. The molecule has 0 unspecified atom stereocenters. The summed E-state index contributed by atoms with van der Waals surface area (Å²) in [6.07, 6.45) is 2.49. The molecule has 1 N–H and O–H groups in total. The maximum atomic E-state index is 13.3. The summed E-state index contributed by atoms with van der Waals surface area (Å²) in [7, 11) is -3.71. The van der Waals surface area contributed by atoms with Crippen LogP contribution in [0.5, 0.6) is 0 Å². The van der Waals surface area contributed by atoms with Gasteiger partial charge < -0.3 is 4.57 Å². The van der Waals surface area contributed by atoms with Gasteiger partial charge in [-0.1, -0.05) is 0 Å². The number of hydrogen-bond donors (Lipinski definition) is 1. The Kier molecular flexibility index (Phi) is 4.74. The molecule has 2 aliphatic heterocycles. The van der Waals surface area contributed by atoms with Crippen LogP contribution in [-0.2, 0) is 14.6 Å². The first-order valence-electron chi connectivity index (χ1n) is 8.71. The van der Waals surface area contributed by atoms with E-state index in [0.29, 0.717) is 5.56 Å². The number of aryl methyl sites for hydroxylation is 1. The number of aliphatic imine (C=N–C) groups is 1. The highest BCUT2D eigenvalue weighted by Gasteiger charge is 2.41. The van der Waals surface area contributed by atoms with Gasteiger partial charge in [0.05, 0.1) is 17.5 Å². The number of carbonyl (C=O) groups is 1. The predicted octanol–water partition coefficient (Wildman–Crippen LogP) is 2.85. The lowest BCUT2D eigenvalue weighted by Gasteiger charge is -2.23. The number of halogens is 1. The molecule has 1 aromatic heterocycles. The van der Waals surface area contributed by atoms with Gasteiger partial charge in [0.15, 0.2) is 0 Å². The van der Waals surface area contributed by atoms with Crippen LogP contribution in [0, 0.1) is 25.1 Å². The highest BCUT2D eigenvalue weighted by atomic mass is 32.2. The van der Waals surface area contributed by atoms with E-state index >= 15 is 0 Å². The van der Waals surface area contributed by atoms with Crippen molar-refractivity contribution in [2.24, 2.45) is 9.39 Å². The molecule has 30 heavy (non-hydrogen) atoms. The van der Waals surface area contributed by atoms with E-state index in [1.807, 2.05) is 24.5 Å². The Morgan fingerprint density at radius 2 is 1.87 bits per heavy atom. The monoisotopic (exact) mass is 445 g/mol. The molecule has 8 nitrogen and oxygen atoms in total. The van der Waals surface area contributed by atoms with Crippen LogP contribution in [-0.4, -0.2) is 46.2 Å². The van der Waals surface area contributed by atoms with Crippen molar-refractivity contribution in [1.82, 2.24) is 9.47 Å². The van der Waals surface area contributed by atoms with Crippen molar-refractivity contribution in [2.75, 3.05) is 6.26 Å². The molecule has 0 atom stereocenters. The van der Waals surface area contributed by atoms with Crippen molar-refractivity contribution < 1.29 is 17.6 Å². The van der Waals surface area contributed by atoms with E-state index in [4.69, 9.17) is 5.41 Å². The van der Waals surface area contributed by atoms with E-state index in [1.165, 1.54) is 18.2 Å². The molecule has 0 radical (unpaired) electrons. The average Bonchev–Trinajstić information content (AvgIpc) is 3.21. The Morgan fingerprint density at radius 3 is 2.50 bits per heavy atom. The highest BCUT2D eigenvalue weighted by Crippen LogP contribution is 2.31. The molecule has 0 fully saturated rings. The lowest BCUT2D eigenvalue weighted by Crippen LogP contribution is -2.45. The SMILES string of the molecule is Cc1cc(/C=C2/C(=N)N3C(=NC2=O)SN=C3S(C)(=O)=O)c(C)n1-c1ccc(F)cc1. The van der Waals surface area contributed by atoms with E-state index in [1.54, 1.807) is 12.1 Å². The van der Waals surface area contributed by atoms with Gasteiger partial charge in [-0.05, 0) is 55.8 Å². The fraction of sp³-hybridized carbons (Fsp3) is 0.158. The summed E-state index contributed by atoms with van der Waals surface area (Å²) in [6.45, 7) is 3.71. The molecule has 0 saturated carbocycles. The Bertz CT molecular complexity index is 1300. The summed E-state index contributed by atoms with van der Waals surface area (Å²) in [6, 6.07) is 7.84. The van der Waals surface area contributed by atoms with Gasteiger partial charge >= 0.3 is 0 Å². The number of hydrogen-bond acceptors (Lipinski definition) is 6. The summed E-state index contributed by atoms with van der Waals surface area (Å²) < 4.78 is 43.0. The zero-order valence-corrected chi connectivity index (χ0v) is 17.8. The lowest BCUT2D eigenvalue weighted by atomic mass is 10.1. The molecule has 1 amide bonds. The van der Waals surface area contributed by atoms with Crippen LogP contribution in [0.3, 0.4) is 0 Å². The second kappa shape index (κ2) is 7.03. The maximum Gasteiger partial charge on any atom is 0.283 e. The fourth-order valence-electron chi connectivity index (χ4n) is 3.31. The second-order valence-electron chi connectivity index (χ2n) is 6.82. The lowest BCUT2D eigenvalue weighted by molar-refractivity contribution is -0.114. The number of amidine groups is 3. The van der Waals surface area contributed by atoms with Gasteiger partial charge in [0, 0.05) is 23.3 Å². The largest absolute Gasteiger partial charge is 0.318 e. The fourth-order valence-corrected chi connectivity index (χ4v) is 5.16. The number of benzene rings is 1. The molecule has 11 heteroatoms. The summed E-state index contributed by atoms with van der Waals surface area (Å²) in [5.41, 5.74) is 2.99. The van der Waals surface area contributed by atoms with Gasteiger partial charge in [-0.15, -0.1) is 0 Å². The van der Waals surface area contributed by atoms with Crippen LogP contribution in [0.15, 0.2) is 45.3 Å². The van der Waals surface area contributed by atoms with E-state index in [2.05, 4.69) is 9.39 Å². The molecule has 4 rings (SSSR count). The standard InChI is InChI=1S/C19H16FN5O3S2/c1-10-8-12(11(2)24(10)14-6-4-13(20)5-7-14)9-15-16(21)25-18(22-17(15)26)29-23-19(25)30(3,27)28/h4-9,21H,1-3H3/b15-9-,21-16?. The molecule has 154 valence electrons. The average molecular weight is 446 g/mol. The summed E-state index contributed by atoms with van der Waals surface area (Å²) >= 11 is 0.746. The highest BCUT2D eigenvalue weighted by molar-refractivity contribution is 8.16. The van der Waals surface area contributed by atoms with Gasteiger partial charge in [0.25, 0.3) is 5.91 Å². The van der Waals surface area contributed by atoms with Crippen LogP contribution in [0.1, 0.15) is 17.0 Å². The molecular formula is C19H16FN5O3S2. The minimum atomic E-state index is -3.71. The van der Waals surface area contributed by atoms with Crippen molar-refractivity contribution in [1.29, 1.82) is 5.41 Å². The second-order valence-corrected chi connectivity index (χ2v) is 9.46. The molecule has 1 aromatic carbocycles. The predicted molar refractivity (Wildman–Crippen MR) is 115 cm³/mol. The van der Waals surface area contributed by atoms with Crippen molar-refractivity contribution in [3.8, 4) is 5.69 Å². The number of rotatable bonds is 2. The number of aromatic nitrogens is 1. The van der Waals surface area contributed by atoms with Crippen LogP contribution in [0.4, 0.5) is 4.39 Å². The number of sulfone groups is 1. The third kappa shape index (κ3) is 3.29. The van der Waals surface area contributed by atoms with Gasteiger partial charge in [-0.3, -0.25) is 10.2 Å². The van der Waals surface area contributed by atoms with Crippen LogP contribution < -0.4 is 0 Å². The molecule has 0 aliphatic carbocycles. The van der Waals surface area contributed by atoms with Gasteiger partial charge in [-0.2, -0.15) is 9.39 Å². The quantitative estimate of drug-likeness (QED) is 0.565. The van der Waals surface area contributed by atoms with Crippen molar-refractivity contribution in [3.63, 3.8) is 0 Å². The van der Waals surface area contributed by atoms with Gasteiger partial charge in [-0.25, -0.2) is 17.7 Å². The molecule has 3 heterocycles. The van der Waals surface area contributed by atoms with Gasteiger partial charge in [0.1, 0.15) is 11.7 Å². The molecular weight excluding hydrogens is 429 g/mol. The number of nitrogens with zero attached hydrogens (tertiary/aromatic N) is 4. The number of carbonyl (C=O) groups excluding carboxylic acids is 1. The first kappa shape index (κ1) is 20.2. The molecule has 2 aromatic rings. The Labute approximate surface area is 176 Å². The first-order valence-corrected chi connectivity index (χ1v) is 11.4. The summed E-state index contributed by atoms with van der Waals surface area (Å²) in [4.78, 5) is 17.5. The third-order valence-corrected chi connectivity index (χ3v) is 6.43. The number of amides is 1. The van der Waals surface area contributed by atoms with E-state index < -0.39 is 15.7 Å². The van der Waals surface area contributed by atoms with Crippen molar-refractivity contribution in [3.05, 3.63) is 58.7 Å². The Morgan fingerprint density at radius 1 is 1.20 bits per heavy atom. The topological polar surface area (TPSA) is 108 Å². The van der Waals surface area contributed by atoms with Crippen LogP contribution in [0.2, 0.25) is 0 Å². The smallest absolute Gasteiger partial charge is 0.283 e. The minimum Gasteiger partial charge on any atom is -0.318 e. The molecule has 0 spiro atoms. The minimum absolute atomic E-state index is 0.0411. The zero-order valence-electron chi connectivity index (χ0n) is 16.2. The molecule has 2 aliphatic rings. The van der Waals surface area contributed by atoms with Crippen LogP contribution in [0.25, 0.3) is 11.8 Å². The summed E-state index contributed by atoms with van der Waals surface area (Å²) in [5, 5.41) is 8.14. The zero-order chi connectivity index (χ0) is 21.8. The molecule has 0 bridgehead atoms. The first-order chi connectivity index (χ1) is 14.1. The third-order valence-electron chi connectivity index (χ3n) is 4.68. The molecule has 0 saturated heterocycles. The van der Waals surface area contributed by atoms with Crippen LogP contribution >= 0.6 is 11.9 Å². The number of nitrogens with one attached hydrogen (secondary N) is 1. The van der Waals surface area contributed by atoms with Gasteiger partial charge in [0.2, 0.25) is 20.2 Å². The normalized spacial score (nSPS) is 18.0. The maximum absolute atomic E-state index is 13.3. The summed E-state index contributed by atoms with van der Waals surface area (Å²) in [5.74, 6) is -1.29. The Balaban J connectivity index is 1.78. The van der Waals surface area contributed by atoms with E-state index in [0.717, 1.165) is 40.2 Å². The van der Waals surface area contributed by atoms with Crippen molar-refractivity contribution in [2.45, 2.75) is 13.8 Å².